The molecule has 38 heavy (non-hydrogen) atoms. The largest absolute Gasteiger partial charge is 0.495 e. The third-order valence-corrected chi connectivity index (χ3v) is 7.81. The Balaban J connectivity index is 1.37. The van der Waals surface area contributed by atoms with Gasteiger partial charge in [-0.15, -0.1) is 0 Å². The summed E-state index contributed by atoms with van der Waals surface area (Å²) in [4.78, 5) is -0.106. The summed E-state index contributed by atoms with van der Waals surface area (Å²) in [7, 11) is -2.52. The highest BCUT2D eigenvalue weighted by Gasteiger charge is 2.49. The number of hydrogen-bond acceptors (Lipinski definition) is 6. The number of aromatic nitrogens is 1. The molecule has 1 aliphatic carbocycles. The molecule has 4 N–H and O–H groups in total. The van der Waals surface area contributed by atoms with Crippen molar-refractivity contribution in [3.05, 3.63) is 48.2 Å². The molecule has 5 rings (SSSR count). The first-order valence-corrected chi connectivity index (χ1v) is 13.5. The Hall–Kier alpha value is -3.40. The zero-order valence-electron chi connectivity index (χ0n) is 20.6. The van der Waals surface area contributed by atoms with Gasteiger partial charge in [0.05, 0.1) is 48.7 Å². The lowest BCUT2D eigenvalue weighted by Gasteiger charge is -2.53. The van der Waals surface area contributed by atoms with Gasteiger partial charge in [-0.1, -0.05) is 12.0 Å². The maximum absolute atomic E-state index is 13.5. The number of fused-ring (bicyclic) bond motifs is 1. The zero-order chi connectivity index (χ0) is 27.1. The van der Waals surface area contributed by atoms with Gasteiger partial charge in [-0.25, -0.2) is 13.6 Å². The van der Waals surface area contributed by atoms with Crippen LogP contribution in [0.4, 0.5) is 24.5 Å². The zero-order valence-corrected chi connectivity index (χ0v) is 21.4. The van der Waals surface area contributed by atoms with E-state index in [1.807, 2.05) is 6.07 Å². The van der Waals surface area contributed by atoms with E-state index >= 15 is 0 Å². The first kappa shape index (κ1) is 26.2. The quantitative estimate of drug-likeness (QED) is 0.387. The van der Waals surface area contributed by atoms with Crippen LogP contribution in [0.5, 0.6) is 5.75 Å². The maximum atomic E-state index is 13.5. The molecule has 1 aromatic heterocycles. The molecule has 3 aromatic rings. The Bertz CT molecular complexity index is 1530. The highest BCUT2D eigenvalue weighted by Crippen LogP contribution is 2.48. The summed E-state index contributed by atoms with van der Waals surface area (Å²) in [5.41, 5.74) is 2.20. The van der Waals surface area contributed by atoms with Crippen LogP contribution in [-0.4, -0.2) is 52.1 Å². The molecule has 2 heterocycles. The lowest BCUT2D eigenvalue weighted by atomic mass is 9.64. The summed E-state index contributed by atoms with van der Waals surface area (Å²) in [5.74, 6) is 5.96. The predicted octanol–water partition coefficient (Wildman–Crippen LogP) is 3.91. The Morgan fingerprint density at radius 1 is 1.18 bits per heavy atom. The summed E-state index contributed by atoms with van der Waals surface area (Å²) in [6.07, 6.45) is -2.47. The monoisotopic (exact) mass is 548 g/mol. The summed E-state index contributed by atoms with van der Waals surface area (Å²) in [6, 6.07) is 11.3. The molecule has 1 saturated heterocycles. The average Bonchev–Trinajstić information content (AvgIpc) is 3.13. The molecule has 12 heteroatoms. The van der Waals surface area contributed by atoms with Gasteiger partial charge in [0.15, 0.2) is 0 Å². The Kier molecular flexibility index (Phi) is 6.71. The van der Waals surface area contributed by atoms with Crippen molar-refractivity contribution in [1.29, 1.82) is 0 Å². The molecule has 0 unspecified atom stereocenters. The van der Waals surface area contributed by atoms with E-state index in [-0.39, 0.29) is 34.3 Å². The van der Waals surface area contributed by atoms with Crippen molar-refractivity contribution in [2.45, 2.75) is 36.5 Å². The van der Waals surface area contributed by atoms with Crippen LogP contribution in [0.1, 0.15) is 18.5 Å². The van der Waals surface area contributed by atoms with E-state index < -0.39 is 22.7 Å². The molecular formula is C26H27F3N4O4S. The maximum Gasteiger partial charge on any atom is 0.406 e. The second-order valence-corrected chi connectivity index (χ2v) is 11.3. The Morgan fingerprint density at radius 2 is 1.95 bits per heavy atom. The van der Waals surface area contributed by atoms with E-state index in [1.54, 1.807) is 18.2 Å². The van der Waals surface area contributed by atoms with E-state index in [2.05, 4.69) is 22.5 Å². The van der Waals surface area contributed by atoms with Crippen molar-refractivity contribution in [3.8, 4) is 17.6 Å². The number of benzene rings is 2. The van der Waals surface area contributed by atoms with E-state index in [4.69, 9.17) is 14.6 Å². The van der Waals surface area contributed by atoms with Crippen LogP contribution in [-0.2, 0) is 21.3 Å². The number of primary sulfonamides is 1. The van der Waals surface area contributed by atoms with Crippen LogP contribution in [0.2, 0.25) is 0 Å². The number of nitrogens with two attached hydrogens (primary N) is 1. The Labute approximate surface area is 218 Å². The lowest BCUT2D eigenvalue weighted by molar-refractivity contribution is -0.159. The van der Waals surface area contributed by atoms with Crippen molar-refractivity contribution in [2.75, 3.05) is 37.5 Å². The molecule has 0 amide bonds. The van der Waals surface area contributed by atoms with Gasteiger partial charge in [0.2, 0.25) is 10.0 Å². The van der Waals surface area contributed by atoms with Crippen molar-refractivity contribution >= 4 is 32.3 Å². The van der Waals surface area contributed by atoms with Crippen LogP contribution in [0.3, 0.4) is 0 Å². The number of halogens is 3. The van der Waals surface area contributed by atoms with E-state index in [9.17, 15) is 21.6 Å². The number of hydrogen-bond donors (Lipinski definition) is 3. The van der Waals surface area contributed by atoms with E-state index in [1.165, 1.54) is 29.9 Å². The molecule has 0 radical (unpaired) electrons. The summed E-state index contributed by atoms with van der Waals surface area (Å²) < 4.78 is 75.3. The Morgan fingerprint density at radius 3 is 2.58 bits per heavy atom. The molecule has 1 spiro atoms. The minimum Gasteiger partial charge on any atom is -0.495 e. The summed E-state index contributed by atoms with van der Waals surface area (Å²) in [6.45, 7) is 0.459. The lowest BCUT2D eigenvalue weighted by Crippen LogP contribution is -2.56. The SMILES string of the molecule is COc1cc(S(N)(=O)=O)ccc1NCC#Cc1cc2c(NC3CC4(COC4)C3)cccc2n1CC(F)(F)F. The van der Waals surface area contributed by atoms with E-state index in [0.29, 0.717) is 16.6 Å². The molecule has 2 fully saturated rings. The normalized spacial score (nSPS) is 16.9. The highest BCUT2D eigenvalue weighted by molar-refractivity contribution is 7.89. The molecule has 2 aromatic carbocycles. The van der Waals surface area contributed by atoms with Gasteiger partial charge in [-0.2, -0.15) is 13.2 Å². The second kappa shape index (κ2) is 9.72. The minimum absolute atomic E-state index is 0.0793. The second-order valence-electron chi connectivity index (χ2n) is 9.77. The fraction of sp³-hybridized carbons (Fsp3) is 0.385. The van der Waals surface area contributed by atoms with Gasteiger partial charge >= 0.3 is 6.18 Å². The topological polar surface area (TPSA) is 108 Å². The van der Waals surface area contributed by atoms with Gasteiger partial charge in [0, 0.05) is 28.6 Å². The van der Waals surface area contributed by atoms with Gasteiger partial charge in [0.25, 0.3) is 0 Å². The van der Waals surface area contributed by atoms with Crippen LogP contribution >= 0.6 is 0 Å². The number of nitrogens with one attached hydrogen (secondary N) is 2. The van der Waals surface area contributed by atoms with E-state index in [0.717, 1.165) is 31.7 Å². The molecule has 202 valence electrons. The van der Waals surface area contributed by atoms with Gasteiger partial charge in [-0.05, 0) is 49.1 Å². The fourth-order valence-electron chi connectivity index (χ4n) is 5.07. The highest BCUT2D eigenvalue weighted by atomic mass is 32.2. The van der Waals surface area contributed by atoms with Crippen molar-refractivity contribution in [1.82, 2.24) is 4.57 Å². The molecule has 2 aliphatic rings. The van der Waals surface area contributed by atoms with Crippen LogP contribution in [0.15, 0.2) is 47.4 Å². The first-order valence-electron chi connectivity index (χ1n) is 11.9. The van der Waals surface area contributed by atoms with Gasteiger partial charge in [0.1, 0.15) is 12.3 Å². The third kappa shape index (κ3) is 5.41. The molecular weight excluding hydrogens is 521 g/mol. The van der Waals surface area contributed by atoms with Gasteiger partial charge in [-0.3, -0.25) is 0 Å². The van der Waals surface area contributed by atoms with Crippen LogP contribution in [0.25, 0.3) is 10.9 Å². The van der Waals surface area contributed by atoms with Crippen molar-refractivity contribution in [2.24, 2.45) is 10.6 Å². The molecule has 8 nitrogen and oxygen atoms in total. The van der Waals surface area contributed by atoms with Crippen LogP contribution in [0, 0.1) is 17.3 Å². The van der Waals surface area contributed by atoms with Crippen molar-refractivity contribution < 1.29 is 31.1 Å². The molecule has 0 atom stereocenters. The fourth-order valence-corrected chi connectivity index (χ4v) is 5.60. The smallest absolute Gasteiger partial charge is 0.406 e. The number of alkyl halides is 3. The number of methoxy groups -OCH3 is 1. The number of ether oxygens (including phenoxy) is 2. The molecule has 0 bridgehead atoms. The summed E-state index contributed by atoms with van der Waals surface area (Å²) in [5, 5.41) is 12.3. The molecule has 1 aliphatic heterocycles. The minimum atomic E-state index is -4.42. The number of nitrogens with zero attached hydrogens (tertiary/aromatic N) is 1. The molecule has 1 saturated carbocycles. The number of sulfonamides is 1. The first-order chi connectivity index (χ1) is 18.0. The van der Waals surface area contributed by atoms with Crippen LogP contribution < -0.4 is 20.5 Å². The third-order valence-electron chi connectivity index (χ3n) is 6.90. The number of rotatable bonds is 7. The van der Waals surface area contributed by atoms with Gasteiger partial charge < -0.3 is 24.7 Å². The predicted molar refractivity (Wildman–Crippen MR) is 138 cm³/mol. The number of anilines is 2. The average molecular weight is 549 g/mol. The summed E-state index contributed by atoms with van der Waals surface area (Å²) >= 11 is 0. The van der Waals surface area contributed by atoms with Crippen molar-refractivity contribution in [3.63, 3.8) is 0 Å². The standard InChI is InChI=1S/C26H27F3N4O4S/c1-36-24-11-19(38(30,34)35)7-8-22(24)31-9-3-4-18-10-20-21(32-17-12-25(13-17)15-37-16-25)5-2-6-23(20)33(18)14-26(27,28)29/h2,5-8,10-11,17,31-32H,9,12-16H2,1H3,(H2,30,34,35).